The molecule has 0 bridgehead atoms. The molecule has 4 heteroatoms. The third-order valence-corrected chi connectivity index (χ3v) is 3.97. The SMILES string of the molecule is Cc1nn(C(C)C)cc1-c1ccc(CNC2CC2)c(F)c1. The molecule has 1 fully saturated rings. The van der Waals surface area contributed by atoms with Crippen LogP contribution in [0.2, 0.25) is 0 Å². The minimum absolute atomic E-state index is 0.141. The van der Waals surface area contributed by atoms with Crippen LogP contribution in [-0.4, -0.2) is 15.8 Å². The summed E-state index contributed by atoms with van der Waals surface area (Å²) in [6.45, 7) is 6.75. The molecule has 1 aromatic heterocycles. The van der Waals surface area contributed by atoms with Crippen LogP contribution in [0.5, 0.6) is 0 Å². The van der Waals surface area contributed by atoms with Gasteiger partial charge < -0.3 is 5.32 Å². The molecule has 1 aromatic carbocycles. The summed E-state index contributed by atoms with van der Waals surface area (Å²) in [7, 11) is 0. The Morgan fingerprint density at radius 1 is 1.38 bits per heavy atom. The van der Waals surface area contributed by atoms with Gasteiger partial charge in [0.25, 0.3) is 0 Å². The van der Waals surface area contributed by atoms with E-state index in [9.17, 15) is 4.39 Å². The Kier molecular flexibility index (Phi) is 3.81. The molecule has 2 aromatic rings. The van der Waals surface area contributed by atoms with E-state index in [2.05, 4.69) is 24.3 Å². The molecule has 0 atom stereocenters. The van der Waals surface area contributed by atoms with Crippen molar-refractivity contribution in [3.05, 3.63) is 41.5 Å². The largest absolute Gasteiger partial charge is 0.310 e. The number of hydrogen-bond donors (Lipinski definition) is 1. The normalized spacial score (nSPS) is 14.9. The number of benzene rings is 1. The zero-order valence-corrected chi connectivity index (χ0v) is 12.9. The Morgan fingerprint density at radius 2 is 2.14 bits per heavy atom. The standard InChI is InChI=1S/C17H22FN3/c1-11(2)21-10-16(12(3)20-21)13-4-5-14(17(18)8-13)9-19-15-6-7-15/h4-5,8,10-11,15,19H,6-7,9H2,1-3H3. The van der Waals surface area contributed by atoms with Crippen molar-refractivity contribution in [3.8, 4) is 11.1 Å². The molecule has 0 unspecified atom stereocenters. The number of hydrogen-bond acceptors (Lipinski definition) is 2. The highest BCUT2D eigenvalue weighted by atomic mass is 19.1. The first-order chi connectivity index (χ1) is 10.0. The summed E-state index contributed by atoms with van der Waals surface area (Å²) >= 11 is 0. The second kappa shape index (κ2) is 5.60. The Hall–Kier alpha value is -1.68. The third kappa shape index (κ3) is 3.16. The van der Waals surface area contributed by atoms with Crippen LogP contribution in [0, 0.1) is 12.7 Å². The van der Waals surface area contributed by atoms with E-state index in [1.54, 1.807) is 6.07 Å². The van der Waals surface area contributed by atoms with Gasteiger partial charge in [-0.15, -0.1) is 0 Å². The minimum Gasteiger partial charge on any atom is -0.310 e. The Bertz CT molecular complexity index is 641. The van der Waals surface area contributed by atoms with Crippen molar-refractivity contribution in [2.45, 2.75) is 52.2 Å². The lowest BCUT2D eigenvalue weighted by Gasteiger charge is -2.07. The Morgan fingerprint density at radius 3 is 2.71 bits per heavy atom. The fraction of sp³-hybridized carbons (Fsp3) is 0.471. The molecule has 3 nitrogen and oxygen atoms in total. The second-order valence-electron chi connectivity index (χ2n) is 6.16. The maximum Gasteiger partial charge on any atom is 0.128 e. The highest BCUT2D eigenvalue weighted by molar-refractivity contribution is 5.65. The van der Waals surface area contributed by atoms with Crippen molar-refractivity contribution in [1.29, 1.82) is 0 Å². The molecule has 0 saturated heterocycles. The van der Waals surface area contributed by atoms with Crippen LogP contribution >= 0.6 is 0 Å². The van der Waals surface area contributed by atoms with Crippen molar-refractivity contribution in [1.82, 2.24) is 15.1 Å². The van der Waals surface area contributed by atoms with E-state index in [1.165, 1.54) is 12.8 Å². The number of halogens is 1. The van der Waals surface area contributed by atoms with Gasteiger partial charge in [-0.25, -0.2) is 4.39 Å². The van der Waals surface area contributed by atoms with Gasteiger partial charge in [-0.05, 0) is 45.2 Å². The Labute approximate surface area is 125 Å². The van der Waals surface area contributed by atoms with Crippen molar-refractivity contribution in [2.75, 3.05) is 0 Å². The molecule has 1 aliphatic carbocycles. The first kappa shape index (κ1) is 14.3. The van der Waals surface area contributed by atoms with Crippen LogP contribution in [0.4, 0.5) is 4.39 Å². The van der Waals surface area contributed by atoms with Gasteiger partial charge in [-0.3, -0.25) is 4.68 Å². The van der Waals surface area contributed by atoms with E-state index in [4.69, 9.17) is 0 Å². The van der Waals surface area contributed by atoms with Gasteiger partial charge in [-0.1, -0.05) is 12.1 Å². The van der Waals surface area contributed by atoms with Crippen LogP contribution in [0.1, 0.15) is 44.0 Å². The number of nitrogens with one attached hydrogen (secondary N) is 1. The summed E-state index contributed by atoms with van der Waals surface area (Å²) in [6.07, 6.45) is 4.43. The average molecular weight is 287 g/mol. The summed E-state index contributed by atoms with van der Waals surface area (Å²) in [4.78, 5) is 0. The summed E-state index contributed by atoms with van der Waals surface area (Å²) in [5.74, 6) is -0.141. The van der Waals surface area contributed by atoms with Crippen LogP contribution in [0.15, 0.2) is 24.4 Å². The van der Waals surface area contributed by atoms with Crippen LogP contribution in [0.3, 0.4) is 0 Å². The van der Waals surface area contributed by atoms with Gasteiger partial charge in [0.05, 0.1) is 5.69 Å². The topological polar surface area (TPSA) is 29.9 Å². The molecule has 0 aliphatic heterocycles. The maximum atomic E-state index is 14.2. The van der Waals surface area contributed by atoms with Gasteiger partial charge in [0.2, 0.25) is 0 Å². The van der Waals surface area contributed by atoms with Crippen molar-refractivity contribution < 1.29 is 4.39 Å². The summed E-state index contributed by atoms with van der Waals surface area (Å²) < 4.78 is 16.2. The van der Waals surface area contributed by atoms with E-state index in [1.807, 2.05) is 29.9 Å². The zero-order valence-electron chi connectivity index (χ0n) is 12.9. The fourth-order valence-corrected chi connectivity index (χ4v) is 2.43. The van der Waals surface area contributed by atoms with E-state index < -0.39 is 0 Å². The predicted molar refractivity (Wildman–Crippen MR) is 82.6 cm³/mol. The quantitative estimate of drug-likeness (QED) is 0.905. The molecule has 0 spiro atoms. The van der Waals surface area contributed by atoms with Gasteiger partial charge in [-0.2, -0.15) is 5.10 Å². The lowest BCUT2D eigenvalue weighted by Crippen LogP contribution is -2.16. The first-order valence-corrected chi connectivity index (χ1v) is 7.62. The smallest absolute Gasteiger partial charge is 0.128 e. The summed E-state index contributed by atoms with van der Waals surface area (Å²) in [5.41, 5.74) is 3.57. The molecule has 1 saturated carbocycles. The third-order valence-electron chi connectivity index (χ3n) is 3.97. The number of aryl methyl sites for hydroxylation is 1. The average Bonchev–Trinajstić information content (AvgIpc) is 3.18. The van der Waals surface area contributed by atoms with Crippen molar-refractivity contribution in [2.24, 2.45) is 0 Å². The van der Waals surface area contributed by atoms with Crippen LogP contribution in [0.25, 0.3) is 11.1 Å². The van der Waals surface area contributed by atoms with Crippen molar-refractivity contribution in [3.63, 3.8) is 0 Å². The molecule has 3 rings (SSSR count). The van der Waals surface area contributed by atoms with Gasteiger partial charge in [0.1, 0.15) is 5.82 Å². The van der Waals surface area contributed by atoms with E-state index in [0.29, 0.717) is 18.6 Å². The number of aromatic nitrogens is 2. The number of rotatable bonds is 5. The molecule has 112 valence electrons. The molecule has 0 amide bonds. The maximum absolute atomic E-state index is 14.2. The van der Waals surface area contributed by atoms with Crippen molar-refractivity contribution >= 4 is 0 Å². The molecular weight excluding hydrogens is 265 g/mol. The molecule has 1 N–H and O–H groups in total. The highest BCUT2D eigenvalue weighted by Gasteiger charge is 2.20. The first-order valence-electron chi connectivity index (χ1n) is 7.62. The molecule has 0 radical (unpaired) electrons. The Balaban J connectivity index is 1.83. The van der Waals surface area contributed by atoms with E-state index in [-0.39, 0.29) is 5.82 Å². The lowest BCUT2D eigenvalue weighted by molar-refractivity contribution is 0.529. The van der Waals surface area contributed by atoms with E-state index >= 15 is 0 Å². The summed E-state index contributed by atoms with van der Waals surface area (Å²) in [5, 5.41) is 7.84. The molecule has 21 heavy (non-hydrogen) atoms. The molecule has 1 heterocycles. The summed E-state index contributed by atoms with van der Waals surface area (Å²) in [6, 6.07) is 6.40. The molecular formula is C17H22FN3. The number of nitrogens with zero attached hydrogens (tertiary/aromatic N) is 2. The fourth-order valence-electron chi connectivity index (χ4n) is 2.43. The van der Waals surface area contributed by atoms with Gasteiger partial charge in [0, 0.05) is 36.0 Å². The zero-order chi connectivity index (χ0) is 15.0. The predicted octanol–water partition coefficient (Wildman–Crippen LogP) is 3.83. The van der Waals surface area contributed by atoms with Crippen LogP contribution in [-0.2, 0) is 6.54 Å². The van der Waals surface area contributed by atoms with Gasteiger partial charge in [0.15, 0.2) is 0 Å². The highest BCUT2D eigenvalue weighted by Crippen LogP contribution is 2.26. The molecule has 1 aliphatic rings. The van der Waals surface area contributed by atoms with E-state index in [0.717, 1.165) is 22.4 Å². The monoisotopic (exact) mass is 287 g/mol. The second-order valence-corrected chi connectivity index (χ2v) is 6.16. The van der Waals surface area contributed by atoms with Gasteiger partial charge >= 0.3 is 0 Å². The van der Waals surface area contributed by atoms with Crippen LogP contribution < -0.4 is 5.32 Å². The minimum atomic E-state index is -0.141. The lowest BCUT2D eigenvalue weighted by atomic mass is 10.0.